The molecule has 112 valence electrons. The molecule has 0 heterocycles. The lowest BCUT2D eigenvalue weighted by atomic mass is 9.97. The van der Waals surface area contributed by atoms with Crippen molar-refractivity contribution in [2.24, 2.45) is 0 Å². The van der Waals surface area contributed by atoms with Gasteiger partial charge in [-0.1, -0.05) is 0 Å². The molecule has 1 aliphatic rings. The van der Waals surface area contributed by atoms with Gasteiger partial charge in [0, 0.05) is 11.9 Å². The first-order valence-electron chi connectivity index (χ1n) is 6.62. The van der Waals surface area contributed by atoms with Gasteiger partial charge in [0.1, 0.15) is 5.82 Å². The Morgan fingerprint density at radius 2 is 2.15 bits per heavy atom. The molecule has 4 nitrogen and oxygen atoms in total. The Labute approximate surface area is 118 Å². The molecule has 2 N–H and O–H groups in total. The molecular weight excluding hydrogens is 281 g/mol. The molecule has 1 fully saturated rings. The number of benzene rings is 1. The van der Waals surface area contributed by atoms with Gasteiger partial charge in [-0.2, -0.15) is 0 Å². The molecule has 6 heteroatoms. The molecule has 0 aliphatic heterocycles. The molecule has 0 amide bonds. The van der Waals surface area contributed by atoms with Gasteiger partial charge in [0.05, 0.1) is 17.4 Å². The molecule has 1 aromatic carbocycles. The highest BCUT2D eigenvalue weighted by atomic mass is 32.2. The number of rotatable bonds is 4. The lowest BCUT2D eigenvalue weighted by Gasteiger charge is -2.35. The van der Waals surface area contributed by atoms with E-state index in [4.69, 9.17) is 0 Å². The second kappa shape index (κ2) is 5.33. The van der Waals surface area contributed by atoms with Crippen LogP contribution in [0.25, 0.3) is 0 Å². The summed E-state index contributed by atoms with van der Waals surface area (Å²) < 4.78 is 37.3. The minimum atomic E-state index is -3.28. The Bertz CT molecular complexity index is 582. The van der Waals surface area contributed by atoms with Crippen molar-refractivity contribution in [3.8, 4) is 0 Å². The third-order valence-electron chi connectivity index (χ3n) is 3.94. The largest absolute Gasteiger partial charge is 0.394 e. The molecular formula is C14H20FNO3S. The van der Waals surface area contributed by atoms with Crippen LogP contribution in [0.2, 0.25) is 0 Å². The summed E-state index contributed by atoms with van der Waals surface area (Å²) in [6, 6.07) is 4.47. The molecule has 1 aliphatic carbocycles. The highest BCUT2D eigenvalue weighted by Gasteiger charge is 2.47. The van der Waals surface area contributed by atoms with Crippen molar-refractivity contribution in [1.29, 1.82) is 0 Å². The van der Waals surface area contributed by atoms with Crippen LogP contribution in [0.5, 0.6) is 0 Å². The molecule has 1 aromatic rings. The molecule has 1 saturated carbocycles. The number of hydrogen-bond donors (Lipinski definition) is 2. The summed E-state index contributed by atoms with van der Waals surface area (Å²) in [6.45, 7) is 1.48. The molecule has 20 heavy (non-hydrogen) atoms. The minimum absolute atomic E-state index is 0.291. The number of sulfone groups is 1. The molecule has 0 radical (unpaired) electrons. The van der Waals surface area contributed by atoms with E-state index < -0.39 is 20.6 Å². The monoisotopic (exact) mass is 301 g/mol. The van der Waals surface area contributed by atoms with Crippen molar-refractivity contribution in [2.45, 2.75) is 37.0 Å². The number of anilines is 1. The molecule has 0 spiro atoms. The van der Waals surface area contributed by atoms with Crippen LogP contribution in [-0.2, 0) is 9.84 Å². The van der Waals surface area contributed by atoms with Gasteiger partial charge in [-0.05, 0) is 49.9 Å². The molecule has 2 atom stereocenters. The summed E-state index contributed by atoms with van der Waals surface area (Å²) >= 11 is 0. The molecule has 0 saturated heterocycles. The maximum atomic E-state index is 13.4. The first kappa shape index (κ1) is 15.3. The van der Waals surface area contributed by atoms with E-state index in [9.17, 15) is 17.9 Å². The second-order valence-electron chi connectivity index (χ2n) is 5.67. The molecule has 0 aromatic heterocycles. The Hall–Kier alpha value is -1.14. The van der Waals surface area contributed by atoms with Crippen LogP contribution in [0, 0.1) is 12.7 Å². The third-order valence-corrected chi connectivity index (χ3v) is 5.66. The topological polar surface area (TPSA) is 66.4 Å². The summed E-state index contributed by atoms with van der Waals surface area (Å²) in [4.78, 5) is 0. The van der Waals surface area contributed by atoms with Crippen LogP contribution in [0.3, 0.4) is 0 Å². The summed E-state index contributed by atoms with van der Waals surface area (Å²) in [5, 5.41) is 12.2. The van der Waals surface area contributed by atoms with Crippen molar-refractivity contribution in [3.63, 3.8) is 0 Å². The first-order valence-corrected chi connectivity index (χ1v) is 8.57. The van der Waals surface area contributed by atoms with E-state index in [1.165, 1.54) is 18.4 Å². The summed E-state index contributed by atoms with van der Waals surface area (Å²) in [6.07, 6.45) is 2.98. The van der Waals surface area contributed by atoms with E-state index in [1.54, 1.807) is 13.0 Å². The molecule has 2 rings (SSSR count). The smallest absolute Gasteiger partial charge is 0.152 e. The molecule has 0 bridgehead atoms. The van der Waals surface area contributed by atoms with Crippen LogP contribution in [0.4, 0.5) is 10.1 Å². The average molecular weight is 301 g/mol. The minimum Gasteiger partial charge on any atom is -0.394 e. The SMILES string of the molecule is Cc1cc(F)cc(NC2(CO)CCCC2S(C)(=O)=O)c1. The summed E-state index contributed by atoms with van der Waals surface area (Å²) in [5.74, 6) is -0.380. The lowest BCUT2D eigenvalue weighted by Crippen LogP contribution is -2.51. The zero-order chi connectivity index (χ0) is 15.0. The van der Waals surface area contributed by atoms with Crippen molar-refractivity contribution < 1.29 is 17.9 Å². The highest BCUT2D eigenvalue weighted by Crippen LogP contribution is 2.37. The van der Waals surface area contributed by atoms with Gasteiger partial charge in [-0.15, -0.1) is 0 Å². The third kappa shape index (κ3) is 2.96. The van der Waals surface area contributed by atoms with Crippen molar-refractivity contribution in [2.75, 3.05) is 18.2 Å². The van der Waals surface area contributed by atoms with Gasteiger partial charge < -0.3 is 10.4 Å². The van der Waals surface area contributed by atoms with Crippen LogP contribution in [0.1, 0.15) is 24.8 Å². The number of hydrogen-bond acceptors (Lipinski definition) is 4. The number of aryl methyl sites for hydroxylation is 1. The second-order valence-corrected chi connectivity index (χ2v) is 7.89. The van der Waals surface area contributed by atoms with E-state index in [0.717, 1.165) is 12.0 Å². The fraction of sp³-hybridized carbons (Fsp3) is 0.571. The van der Waals surface area contributed by atoms with Crippen LogP contribution in [0.15, 0.2) is 18.2 Å². The highest BCUT2D eigenvalue weighted by molar-refractivity contribution is 7.91. The maximum absolute atomic E-state index is 13.4. The summed E-state index contributed by atoms with van der Waals surface area (Å²) in [7, 11) is -3.28. The Morgan fingerprint density at radius 1 is 1.45 bits per heavy atom. The maximum Gasteiger partial charge on any atom is 0.152 e. The van der Waals surface area contributed by atoms with Crippen molar-refractivity contribution >= 4 is 15.5 Å². The molecule has 2 unspecified atom stereocenters. The van der Waals surface area contributed by atoms with E-state index in [1.807, 2.05) is 0 Å². The zero-order valence-corrected chi connectivity index (χ0v) is 12.5. The van der Waals surface area contributed by atoms with Crippen LogP contribution < -0.4 is 5.32 Å². The van der Waals surface area contributed by atoms with Gasteiger partial charge >= 0.3 is 0 Å². The predicted molar refractivity (Wildman–Crippen MR) is 77.1 cm³/mol. The van der Waals surface area contributed by atoms with Gasteiger partial charge in [-0.3, -0.25) is 0 Å². The van der Waals surface area contributed by atoms with E-state index in [2.05, 4.69) is 5.32 Å². The zero-order valence-electron chi connectivity index (χ0n) is 11.7. The predicted octanol–water partition coefficient (Wildman–Crippen LogP) is 1.87. The Balaban J connectivity index is 2.36. The van der Waals surface area contributed by atoms with E-state index >= 15 is 0 Å². The van der Waals surface area contributed by atoms with Gasteiger partial charge in [-0.25, -0.2) is 12.8 Å². The Morgan fingerprint density at radius 3 is 2.70 bits per heavy atom. The van der Waals surface area contributed by atoms with Gasteiger partial charge in [0.15, 0.2) is 9.84 Å². The Kier molecular flexibility index (Phi) is 4.07. The number of aliphatic hydroxyl groups is 1. The first-order chi connectivity index (χ1) is 9.27. The van der Waals surface area contributed by atoms with E-state index in [0.29, 0.717) is 18.5 Å². The fourth-order valence-electron chi connectivity index (χ4n) is 3.12. The van der Waals surface area contributed by atoms with E-state index in [-0.39, 0.29) is 12.4 Å². The number of nitrogens with one attached hydrogen (secondary N) is 1. The van der Waals surface area contributed by atoms with Crippen LogP contribution >= 0.6 is 0 Å². The normalized spacial score (nSPS) is 26.7. The lowest BCUT2D eigenvalue weighted by molar-refractivity contribution is 0.215. The average Bonchev–Trinajstić information content (AvgIpc) is 2.71. The number of halogens is 1. The fourth-order valence-corrected chi connectivity index (χ4v) is 4.79. The standard InChI is InChI=1S/C14H20FNO3S/c1-10-6-11(15)8-12(7-10)16-14(9-17)5-3-4-13(14)20(2,18)19/h6-8,13,16-17H,3-5,9H2,1-2H3. The quantitative estimate of drug-likeness (QED) is 0.891. The van der Waals surface area contributed by atoms with Crippen molar-refractivity contribution in [3.05, 3.63) is 29.6 Å². The summed E-state index contributed by atoms with van der Waals surface area (Å²) in [5.41, 5.74) is 0.329. The van der Waals surface area contributed by atoms with Crippen LogP contribution in [-0.4, -0.2) is 37.2 Å². The van der Waals surface area contributed by atoms with Gasteiger partial charge in [0.2, 0.25) is 0 Å². The number of aliphatic hydroxyl groups excluding tert-OH is 1. The van der Waals surface area contributed by atoms with Gasteiger partial charge in [0.25, 0.3) is 0 Å². The van der Waals surface area contributed by atoms with Crippen molar-refractivity contribution in [1.82, 2.24) is 0 Å².